The summed E-state index contributed by atoms with van der Waals surface area (Å²) in [5.74, 6) is 0.00469. The van der Waals surface area contributed by atoms with E-state index in [2.05, 4.69) is 24.1 Å². The highest BCUT2D eigenvalue weighted by Crippen LogP contribution is 2.29. The van der Waals surface area contributed by atoms with Gasteiger partial charge in [-0.05, 0) is 36.1 Å². The van der Waals surface area contributed by atoms with Crippen LogP contribution >= 0.6 is 0 Å². The van der Waals surface area contributed by atoms with Gasteiger partial charge in [-0.2, -0.15) is 0 Å². The minimum atomic E-state index is -0.577. The van der Waals surface area contributed by atoms with Crippen molar-refractivity contribution in [2.75, 3.05) is 43.5 Å². The molecule has 154 valence electrons. The third-order valence-electron chi connectivity index (χ3n) is 5.35. The molecule has 1 N–H and O–H groups in total. The third kappa shape index (κ3) is 4.53. The number of carbonyl (C=O) groups excluding carboxylic acids is 2. The number of benzene rings is 2. The largest absolute Gasteiger partial charge is 0.495 e. The van der Waals surface area contributed by atoms with Crippen molar-refractivity contribution in [3.8, 4) is 5.75 Å². The highest BCUT2D eigenvalue weighted by atomic mass is 16.5. The van der Waals surface area contributed by atoms with Crippen LogP contribution in [-0.4, -0.2) is 50.0 Å². The summed E-state index contributed by atoms with van der Waals surface area (Å²) in [7, 11) is 1.65. The molecule has 0 bridgehead atoms. The van der Waals surface area contributed by atoms with Crippen molar-refractivity contribution in [2.24, 2.45) is 0 Å². The van der Waals surface area contributed by atoms with E-state index < -0.39 is 11.8 Å². The summed E-state index contributed by atoms with van der Waals surface area (Å²) in [5, 5.41) is 2.85. The Balaban J connectivity index is 1.65. The Labute approximate surface area is 172 Å². The summed E-state index contributed by atoms with van der Waals surface area (Å²) in [6, 6.07) is 13.7. The SMILES string of the molecule is COc1ccccc1N1CCN(C(=O)C(=O)Nc2c(C)cccc2C(C)C)CC1. The van der Waals surface area contributed by atoms with E-state index in [1.165, 1.54) is 0 Å². The number of para-hydroxylation sites is 3. The third-order valence-corrected chi connectivity index (χ3v) is 5.35. The number of aryl methyl sites for hydroxylation is 1. The highest BCUT2D eigenvalue weighted by molar-refractivity contribution is 6.39. The second-order valence-corrected chi connectivity index (χ2v) is 7.60. The van der Waals surface area contributed by atoms with Crippen LogP contribution < -0.4 is 15.0 Å². The number of nitrogens with zero attached hydrogens (tertiary/aromatic N) is 2. The van der Waals surface area contributed by atoms with Crippen LogP contribution in [-0.2, 0) is 9.59 Å². The van der Waals surface area contributed by atoms with E-state index in [4.69, 9.17) is 4.74 Å². The fraction of sp³-hybridized carbons (Fsp3) is 0.391. The predicted molar refractivity (Wildman–Crippen MR) is 116 cm³/mol. The van der Waals surface area contributed by atoms with Gasteiger partial charge in [-0.15, -0.1) is 0 Å². The Morgan fingerprint density at radius 3 is 2.34 bits per heavy atom. The average Bonchev–Trinajstić information content (AvgIpc) is 2.74. The normalized spacial score (nSPS) is 14.1. The van der Waals surface area contributed by atoms with E-state index in [1.54, 1.807) is 12.0 Å². The number of carbonyl (C=O) groups is 2. The summed E-state index contributed by atoms with van der Waals surface area (Å²) in [6.07, 6.45) is 0. The maximum absolute atomic E-state index is 12.7. The quantitative estimate of drug-likeness (QED) is 0.806. The van der Waals surface area contributed by atoms with Crippen molar-refractivity contribution in [1.82, 2.24) is 4.90 Å². The molecule has 0 aromatic heterocycles. The minimum absolute atomic E-state index is 0.254. The monoisotopic (exact) mass is 395 g/mol. The molecule has 1 fully saturated rings. The molecule has 1 heterocycles. The van der Waals surface area contributed by atoms with Gasteiger partial charge in [0.25, 0.3) is 0 Å². The maximum atomic E-state index is 12.7. The molecule has 1 saturated heterocycles. The predicted octanol–water partition coefficient (Wildman–Crippen LogP) is 3.41. The first kappa shape index (κ1) is 20.7. The van der Waals surface area contributed by atoms with Crippen molar-refractivity contribution >= 4 is 23.2 Å². The highest BCUT2D eigenvalue weighted by Gasteiger charge is 2.27. The number of methoxy groups -OCH3 is 1. The van der Waals surface area contributed by atoms with Gasteiger partial charge in [-0.25, -0.2) is 0 Å². The second kappa shape index (κ2) is 8.99. The lowest BCUT2D eigenvalue weighted by molar-refractivity contribution is -0.143. The van der Waals surface area contributed by atoms with Gasteiger partial charge in [0.05, 0.1) is 12.8 Å². The van der Waals surface area contributed by atoms with E-state index in [-0.39, 0.29) is 5.92 Å². The molecule has 6 heteroatoms. The van der Waals surface area contributed by atoms with Crippen LogP contribution in [0.3, 0.4) is 0 Å². The van der Waals surface area contributed by atoms with Crippen molar-refractivity contribution in [2.45, 2.75) is 26.7 Å². The van der Waals surface area contributed by atoms with Crippen LogP contribution in [0, 0.1) is 6.92 Å². The Hall–Kier alpha value is -3.02. The van der Waals surface area contributed by atoms with E-state index in [1.807, 2.05) is 49.4 Å². The molecule has 2 aromatic carbocycles. The molecule has 1 aliphatic rings. The molecule has 1 aliphatic heterocycles. The fourth-order valence-electron chi connectivity index (χ4n) is 3.69. The first-order chi connectivity index (χ1) is 13.9. The number of amides is 2. The molecule has 0 unspecified atom stereocenters. The summed E-state index contributed by atoms with van der Waals surface area (Å²) < 4.78 is 5.43. The lowest BCUT2D eigenvalue weighted by Gasteiger charge is -2.36. The van der Waals surface area contributed by atoms with Gasteiger partial charge in [0.2, 0.25) is 0 Å². The zero-order valence-electron chi connectivity index (χ0n) is 17.6. The average molecular weight is 396 g/mol. The molecule has 6 nitrogen and oxygen atoms in total. The standard InChI is InChI=1S/C23H29N3O3/c1-16(2)18-9-7-8-17(3)21(18)24-22(27)23(28)26-14-12-25(13-15-26)19-10-5-6-11-20(19)29-4/h5-11,16H,12-15H2,1-4H3,(H,24,27). The number of rotatable bonds is 4. The van der Waals surface area contributed by atoms with Gasteiger partial charge in [0, 0.05) is 31.9 Å². The van der Waals surface area contributed by atoms with Crippen LogP contribution in [0.1, 0.15) is 30.9 Å². The van der Waals surface area contributed by atoms with Crippen molar-refractivity contribution in [3.63, 3.8) is 0 Å². The molecular weight excluding hydrogens is 366 g/mol. The van der Waals surface area contributed by atoms with Crippen LogP contribution in [0.15, 0.2) is 42.5 Å². The van der Waals surface area contributed by atoms with Crippen molar-refractivity contribution in [1.29, 1.82) is 0 Å². The van der Waals surface area contributed by atoms with E-state index in [9.17, 15) is 9.59 Å². The topological polar surface area (TPSA) is 61.9 Å². The lowest BCUT2D eigenvalue weighted by Crippen LogP contribution is -2.51. The molecule has 2 amide bonds. The van der Waals surface area contributed by atoms with Crippen LogP contribution in [0.5, 0.6) is 5.75 Å². The molecule has 0 radical (unpaired) electrons. The summed E-state index contributed by atoms with van der Waals surface area (Å²) in [6.45, 7) is 8.39. The van der Waals surface area contributed by atoms with Gasteiger partial charge in [0.15, 0.2) is 0 Å². The second-order valence-electron chi connectivity index (χ2n) is 7.60. The molecule has 0 spiro atoms. The Bertz CT molecular complexity index is 887. The Morgan fingerprint density at radius 2 is 1.69 bits per heavy atom. The van der Waals surface area contributed by atoms with Crippen LogP contribution in [0.25, 0.3) is 0 Å². The summed E-state index contributed by atoms with van der Waals surface area (Å²) in [5.41, 5.74) is 3.74. The number of ether oxygens (including phenoxy) is 1. The van der Waals surface area contributed by atoms with Crippen molar-refractivity contribution < 1.29 is 14.3 Å². The van der Waals surface area contributed by atoms with Gasteiger partial charge in [-0.3, -0.25) is 9.59 Å². The van der Waals surface area contributed by atoms with E-state index in [0.29, 0.717) is 26.2 Å². The molecule has 29 heavy (non-hydrogen) atoms. The molecule has 0 saturated carbocycles. The van der Waals surface area contributed by atoms with Crippen LogP contribution in [0.4, 0.5) is 11.4 Å². The van der Waals surface area contributed by atoms with E-state index >= 15 is 0 Å². The zero-order chi connectivity index (χ0) is 21.0. The smallest absolute Gasteiger partial charge is 0.313 e. The molecule has 0 atom stereocenters. The molecular formula is C23H29N3O3. The van der Waals surface area contributed by atoms with Gasteiger partial charge in [0.1, 0.15) is 5.75 Å². The van der Waals surface area contributed by atoms with Gasteiger partial charge >= 0.3 is 11.8 Å². The number of anilines is 2. The Kier molecular flexibility index (Phi) is 6.42. The van der Waals surface area contributed by atoms with Crippen LogP contribution in [0.2, 0.25) is 0 Å². The Morgan fingerprint density at radius 1 is 1.00 bits per heavy atom. The number of piperazine rings is 1. The number of hydrogen-bond donors (Lipinski definition) is 1. The summed E-state index contributed by atoms with van der Waals surface area (Å²) >= 11 is 0. The number of nitrogens with one attached hydrogen (secondary N) is 1. The van der Waals surface area contributed by atoms with Gasteiger partial charge < -0.3 is 19.9 Å². The molecule has 3 rings (SSSR count). The summed E-state index contributed by atoms with van der Waals surface area (Å²) in [4.78, 5) is 29.2. The first-order valence-corrected chi connectivity index (χ1v) is 10.00. The van der Waals surface area contributed by atoms with Crippen molar-refractivity contribution in [3.05, 3.63) is 53.6 Å². The molecule has 2 aromatic rings. The minimum Gasteiger partial charge on any atom is -0.495 e. The first-order valence-electron chi connectivity index (χ1n) is 10.00. The van der Waals surface area contributed by atoms with E-state index in [0.717, 1.165) is 28.3 Å². The molecule has 0 aliphatic carbocycles. The lowest BCUT2D eigenvalue weighted by atomic mass is 9.98. The van der Waals surface area contributed by atoms with Gasteiger partial charge in [-0.1, -0.05) is 44.2 Å². The fourth-order valence-corrected chi connectivity index (χ4v) is 3.69. The number of hydrogen-bond acceptors (Lipinski definition) is 4. The maximum Gasteiger partial charge on any atom is 0.313 e. The zero-order valence-corrected chi connectivity index (χ0v) is 17.6.